The molecule has 0 aliphatic heterocycles. The van der Waals surface area contributed by atoms with Gasteiger partial charge in [0.25, 0.3) is 0 Å². The summed E-state index contributed by atoms with van der Waals surface area (Å²) in [4.78, 5) is 21.9. The monoisotopic (exact) mass is 324 g/mol. The molecule has 4 atom stereocenters. The predicted octanol–water partition coefficient (Wildman–Crippen LogP) is 2.77. The molecule has 0 aromatic heterocycles. The maximum Gasteiger partial charge on any atom is 0.317 e. The van der Waals surface area contributed by atoms with Crippen LogP contribution >= 0.6 is 0 Å². The first-order valence-electron chi connectivity index (χ1n) is 8.48. The first-order valence-corrected chi connectivity index (χ1v) is 8.48. The van der Waals surface area contributed by atoms with Crippen LogP contribution in [0, 0.1) is 23.7 Å². The molecule has 0 aromatic carbocycles. The molecule has 1 fully saturated rings. The number of hydrogen-bond donors (Lipinski definition) is 2. The molecular formula is C18H28O5. The number of aliphatic hydroxyl groups is 1. The van der Waals surface area contributed by atoms with E-state index in [0.717, 1.165) is 31.3 Å². The van der Waals surface area contributed by atoms with Gasteiger partial charge in [-0.25, -0.2) is 0 Å². The summed E-state index contributed by atoms with van der Waals surface area (Å²) in [7, 11) is 0. The van der Waals surface area contributed by atoms with Crippen molar-refractivity contribution in [2.45, 2.75) is 58.5 Å². The number of carboxylic acid groups (broad SMARTS) is 1. The Labute approximate surface area is 137 Å². The second-order valence-electron chi connectivity index (χ2n) is 7.65. The van der Waals surface area contributed by atoms with Gasteiger partial charge in [0.2, 0.25) is 0 Å². The number of esters is 1. The van der Waals surface area contributed by atoms with E-state index in [-0.39, 0.29) is 12.5 Å². The van der Waals surface area contributed by atoms with Crippen LogP contribution in [0.15, 0.2) is 11.6 Å². The topological polar surface area (TPSA) is 83.8 Å². The lowest BCUT2D eigenvalue weighted by atomic mass is 9.59. The Morgan fingerprint density at radius 1 is 1.30 bits per heavy atom. The van der Waals surface area contributed by atoms with E-state index in [4.69, 9.17) is 9.84 Å². The van der Waals surface area contributed by atoms with Crippen molar-refractivity contribution in [3.05, 3.63) is 11.6 Å². The zero-order chi connectivity index (χ0) is 17.2. The van der Waals surface area contributed by atoms with E-state index >= 15 is 0 Å². The number of rotatable bonds is 5. The van der Waals surface area contributed by atoms with Gasteiger partial charge in [0.15, 0.2) is 0 Å². The lowest BCUT2D eigenvalue weighted by molar-refractivity contribution is -0.150. The molecule has 0 spiro atoms. The van der Waals surface area contributed by atoms with Crippen molar-refractivity contribution >= 4 is 11.9 Å². The number of aliphatic carboxylic acids is 1. The standard InChI is InChI=1S/C18H28O5/c1-11-4-7-15(18(2,3)22)14-8-12(5-6-13(11)14)10-23-17(21)9-16(19)20/h8,11,13-15,22H,4-7,9-10H2,1-3H3,(H,19,20)/t11-,13+,14+,15-/m1/s1. The number of carbonyl (C=O) groups is 2. The maximum atomic E-state index is 11.4. The van der Waals surface area contributed by atoms with Crippen molar-refractivity contribution in [2.24, 2.45) is 23.7 Å². The van der Waals surface area contributed by atoms with Crippen LogP contribution in [0.2, 0.25) is 0 Å². The summed E-state index contributed by atoms with van der Waals surface area (Å²) < 4.78 is 5.07. The maximum absolute atomic E-state index is 11.4. The van der Waals surface area contributed by atoms with Crippen LogP contribution in [-0.4, -0.2) is 34.4 Å². The Kier molecular flexibility index (Phi) is 5.50. The summed E-state index contributed by atoms with van der Waals surface area (Å²) >= 11 is 0. The van der Waals surface area contributed by atoms with E-state index in [9.17, 15) is 14.7 Å². The molecule has 0 heterocycles. The van der Waals surface area contributed by atoms with Crippen molar-refractivity contribution in [2.75, 3.05) is 6.61 Å². The van der Waals surface area contributed by atoms with E-state index in [1.54, 1.807) is 0 Å². The Morgan fingerprint density at radius 2 is 2.00 bits per heavy atom. The van der Waals surface area contributed by atoms with Gasteiger partial charge >= 0.3 is 11.9 Å². The van der Waals surface area contributed by atoms with Gasteiger partial charge < -0.3 is 14.9 Å². The van der Waals surface area contributed by atoms with Crippen LogP contribution in [-0.2, 0) is 14.3 Å². The quantitative estimate of drug-likeness (QED) is 0.461. The van der Waals surface area contributed by atoms with Gasteiger partial charge in [0.1, 0.15) is 13.0 Å². The Morgan fingerprint density at radius 3 is 2.61 bits per heavy atom. The molecule has 0 amide bonds. The number of carbonyl (C=O) groups excluding carboxylic acids is 1. The van der Waals surface area contributed by atoms with Crippen LogP contribution in [0.3, 0.4) is 0 Å². The average Bonchev–Trinajstić information content (AvgIpc) is 2.43. The fraction of sp³-hybridized carbons (Fsp3) is 0.778. The number of ether oxygens (including phenoxy) is 1. The van der Waals surface area contributed by atoms with Gasteiger partial charge in [-0.1, -0.05) is 19.4 Å². The van der Waals surface area contributed by atoms with Gasteiger partial charge in [-0.15, -0.1) is 0 Å². The lowest BCUT2D eigenvalue weighted by Crippen LogP contribution is -2.44. The minimum atomic E-state index is -1.17. The molecule has 23 heavy (non-hydrogen) atoms. The fourth-order valence-electron chi connectivity index (χ4n) is 4.24. The van der Waals surface area contributed by atoms with Crippen LogP contribution in [0.5, 0.6) is 0 Å². The summed E-state index contributed by atoms with van der Waals surface area (Å²) in [6.45, 7) is 6.20. The molecule has 5 heteroatoms. The minimum absolute atomic E-state index is 0.169. The van der Waals surface area contributed by atoms with Crippen LogP contribution in [0.25, 0.3) is 0 Å². The third-order valence-corrected chi connectivity index (χ3v) is 5.47. The highest BCUT2D eigenvalue weighted by atomic mass is 16.5. The van der Waals surface area contributed by atoms with Gasteiger partial charge in [-0.05, 0) is 62.4 Å². The normalized spacial score (nSPS) is 31.0. The first kappa shape index (κ1) is 18.0. The summed E-state index contributed by atoms with van der Waals surface area (Å²) in [6.07, 6.45) is 5.66. The molecule has 1 saturated carbocycles. The van der Waals surface area contributed by atoms with E-state index in [2.05, 4.69) is 13.0 Å². The van der Waals surface area contributed by atoms with Crippen LogP contribution < -0.4 is 0 Å². The first-order chi connectivity index (χ1) is 10.7. The molecule has 2 aliphatic carbocycles. The molecule has 2 N–H and O–H groups in total. The summed E-state index contributed by atoms with van der Waals surface area (Å²) in [5, 5.41) is 19.1. The largest absolute Gasteiger partial charge is 0.481 e. The molecule has 2 aliphatic rings. The Balaban J connectivity index is 2.06. The van der Waals surface area contributed by atoms with E-state index < -0.39 is 24.0 Å². The molecule has 0 radical (unpaired) electrons. The summed E-state index contributed by atoms with van der Waals surface area (Å²) in [6, 6.07) is 0. The van der Waals surface area contributed by atoms with E-state index in [1.807, 2.05) is 13.8 Å². The number of fused-ring (bicyclic) bond motifs is 1. The highest BCUT2D eigenvalue weighted by molar-refractivity contribution is 5.90. The summed E-state index contributed by atoms with van der Waals surface area (Å²) in [5.41, 5.74) is 0.329. The van der Waals surface area contributed by atoms with Crippen LogP contribution in [0.4, 0.5) is 0 Å². The van der Waals surface area contributed by atoms with Gasteiger partial charge in [-0.2, -0.15) is 0 Å². The van der Waals surface area contributed by atoms with E-state index in [0.29, 0.717) is 17.8 Å². The fourth-order valence-corrected chi connectivity index (χ4v) is 4.24. The zero-order valence-electron chi connectivity index (χ0n) is 14.2. The van der Waals surface area contributed by atoms with Crippen molar-refractivity contribution < 1.29 is 24.5 Å². The number of carboxylic acids is 1. The lowest BCUT2D eigenvalue weighted by Gasteiger charge is -2.47. The van der Waals surface area contributed by atoms with Crippen molar-refractivity contribution in [1.82, 2.24) is 0 Å². The Hall–Kier alpha value is -1.36. The predicted molar refractivity (Wildman–Crippen MR) is 85.7 cm³/mol. The second kappa shape index (κ2) is 7.04. The van der Waals surface area contributed by atoms with Crippen molar-refractivity contribution in [3.63, 3.8) is 0 Å². The minimum Gasteiger partial charge on any atom is -0.481 e. The second-order valence-corrected chi connectivity index (χ2v) is 7.65. The molecule has 0 aromatic rings. The zero-order valence-corrected chi connectivity index (χ0v) is 14.2. The van der Waals surface area contributed by atoms with Crippen molar-refractivity contribution in [1.29, 1.82) is 0 Å². The number of hydrogen-bond acceptors (Lipinski definition) is 4. The highest BCUT2D eigenvalue weighted by Gasteiger charge is 2.43. The molecule has 0 unspecified atom stereocenters. The van der Waals surface area contributed by atoms with Gasteiger partial charge in [0.05, 0.1) is 5.60 Å². The molecule has 2 rings (SSSR count). The summed E-state index contributed by atoms with van der Waals surface area (Å²) in [5.74, 6) is -0.133. The van der Waals surface area contributed by atoms with Crippen molar-refractivity contribution in [3.8, 4) is 0 Å². The molecule has 130 valence electrons. The molecular weight excluding hydrogens is 296 g/mol. The third-order valence-electron chi connectivity index (χ3n) is 5.47. The SMILES string of the molecule is C[C@@H]1CC[C@@H](C(C)(C)O)[C@H]2C=C(COC(=O)CC(=O)O)CC[C@H]21. The molecule has 0 saturated heterocycles. The van der Waals surface area contributed by atoms with Gasteiger partial charge in [0, 0.05) is 0 Å². The average molecular weight is 324 g/mol. The highest BCUT2D eigenvalue weighted by Crippen LogP contribution is 2.48. The van der Waals surface area contributed by atoms with Crippen LogP contribution in [0.1, 0.15) is 52.9 Å². The number of allylic oxidation sites excluding steroid dienone is 1. The van der Waals surface area contributed by atoms with E-state index in [1.165, 1.54) is 0 Å². The molecule has 5 nitrogen and oxygen atoms in total. The molecule has 0 bridgehead atoms. The third kappa shape index (κ3) is 4.56. The Bertz CT molecular complexity index is 488. The smallest absolute Gasteiger partial charge is 0.317 e. The van der Waals surface area contributed by atoms with Gasteiger partial charge in [-0.3, -0.25) is 9.59 Å².